The Balaban J connectivity index is 1.13. The van der Waals surface area contributed by atoms with Crippen LogP contribution in [0.5, 0.6) is 0 Å². The molecule has 2 aromatic carbocycles. The number of piperazine rings is 1. The van der Waals surface area contributed by atoms with Gasteiger partial charge in [-0.2, -0.15) is 5.26 Å². The number of rotatable bonds is 6. The number of ether oxygens (including phenoxy) is 1. The van der Waals surface area contributed by atoms with Crippen molar-refractivity contribution in [3.8, 4) is 6.07 Å². The number of nitrogens with zero attached hydrogens (tertiary/aromatic N) is 4. The predicted molar refractivity (Wildman–Crippen MR) is 158 cm³/mol. The summed E-state index contributed by atoms with van der Waals surface area (Å²) in [4.78, 5) is 33.6. The van der Waals surface area contributed by atoms with E-state index in [1.165, 1.54) is 22.3 Å². The Morgan fingerprint density at radius 2 is 1.76 bits per heavy atom. The quantitative estimate of drug-likeness (QED) is 0.560. The Hall–Kier alpha value is -3.83. The lowest BCUT2D eigenvalue weighted by atomic mass is 9.81. The normalized spacial score (nSPS) is 28.5. The van der Waals surface area contributed by atoms with Crippen LogP contribution < -0.4 is 5.32 Å². The lowest BCUT2D eigenvalue weighted by Crippen LogP contribution is -2.57. The third kappa shape index (κ3) is 4.55. The van der Waals surface area contributed by atoms with E-state index in [0.29, 0.717) is 18.5 Å². The van der Waals surface area contributed by atoms with E-state index in [-0.39, 0.29) is 30.1 Å². The molecule has 3 aliphatic heterocycles. The van der Waals surface area contributed by atoms with Crippen LogP contribution in [-0.4, -0.2) is 75.6 Å². The van der Waals surface area contributed by atoms with Gasteiger partial charge in [-0.25, -0.2) is 4.79 Å². The first-order valence-electron chi connectivity index (χ1n) is 15.2. The zero-order valence-corrected chi connectivity index (χ0v) is 24.6. The molecular weight excluding hydrogens is 526 g/mol. The fourth-order valence-corrected chi connectivity index (χ4v) is 7.91. The number of nitriles is 1. The highest BCUT2D eigenvalue weighted by molar-refractivity contribution is 5.87. The number of fused-ring (bicyclic) bond motifs is 5. The maximum absolute atomic E-state index is 14.2. The van der Waals surface area contributed by atoms with Gasteiger partial charge in [0.25, 0.3) is 0 Å². The monoisotopic (exact) mass is 565 g/mol. The van der Waals surface area contributed by atoms with Crippen LogP contribution in [-0.2, 0) is 16.0 Å². The van der Waals surface area contributed by atoms with Gasteiger partial charge in [0, 0.05) is 30.9 Å². The summed E-state index contributed by atoms with van der Waals surface area (Å²) in [6.07, 6.45) is 3.03. The van der Waals surface area contributed by atoms with Crippen LogP contribution in [0.3, 0.4) is 0 Å². The van der Waals surface area contributed by atoms with E-state index in [2.05, 4.69) is 81.2 Å². The molecule has 4 fully saturated rings. The zero-order valence-electron chi connectivity index (χ0n) is 24.6. The molecule has 7 rings (SSSR count). The summed E-state index contributed by atoms with van der Waals surface area (Å²) in [6.45, 7) is 11.1. The molecule has 5 aliphatic rings. The van der Waals surface area contributed by atoms with E-state index in [9.17, 15) is 14.9 Å². The Morgan fingerprint density at radius 1 is 1.10 bits per heavy atom. The highest BCUT2D eigenvalue weighted by Crippen LogP contribution is 2.50. The molecule has 0 radical (unpaired) electrons. The van der Waals surface area contributed by atoms with E-state index >= 15 is 0 Å². The number of nitrogens with one attached hydrogen (secondary N) is 1. The maximum atomic E-state index is 14.2. The minimum Gasteiger partial charge on any atom is -0.444 e. The third-order valence-corrected chi connectivity index (χ3v) is 9.77. The summed E-state index contributed by atoms with van der Waals surface area (Å²) in [6, 6.07) is 18.8. The van der Waals surface area contributed by atoms with Crippen LogP contribution in [0.15, 0.2) is 60.8 Å². The number of carbonyl (C=O) groups excluding carboxylic acids is 2. The molecule has 1 saturated carbocycles. The zero-order chi connectivity index (χ0) is 29.3. The molecule has 3 heterocycles. The van der Waals surface area contributed by atoms with Crippen LogP contribution in [0.25, 0.3) is 0 Å². The lowest BCUT2D eigenvalue weighted by molar-refractivity contribution is -0.138. The molecule has 2 bridgehead atoms. The van der Waals surface area contributed by atoms with Gasteiger partial charge in [-0.05, 0) is 74.6 Å². The molecule has 5 unspecified atom stereocenters. The largest absolute Gasteiger partial charge is 0.444 e. The van der Waals surface area contributed by atoms with Crippen molar-refractivity contribution < 1.29 is 14.3 Å². The number of hydrogen-bond acceptors (Lipinski definition) is 6. The van der Waals surface area contributed by atoms with Crippen molar-refractivity contribution in [2.75, 3.05) is 13.1 Å². The number of benzene rings is 2. The van der Waals surface area contributed by atoms with Gasteiger partial charge >= 0.3 is 6.09 Å². The molecule has 2 amide bonds. The average molecular weight is 566 g/mol. The van der Waals surface area contributed by atoms with Crippen LogP contribution in [0.2, 0.25) is 0 Å². The first kappa shape index (κ1) is 27.0. The van der Waals surface area contributed by atoms with Gasteiger partial charge in [-0.1, -0.05) is 55.1 Å². The van der Waals surface area contributed by atoms with Crippen LogP contribution in [0.1, 0.15) is 68.3 Å². The number of alkyl carbamates (subject to hydrolysis) is 1. The number of likely N-dealkylation sites (tertiary alicyclic amines) is 3. The van der Waals surface area contributed by atoms with E-state index in [1.54, 1.807) is 0 Å². The second-order valence-electron chi connectivity index (χ2n) is 13.6. The summed E-state index contributed by atoms with van der Waals surface area (Å²) < 4.78 is 5.61. The highest BCUT2D eigenvalue weighted by atomic mass is 16.6. The predicted octanol–water partition coefficient (Wildman–Crippen LogP) is 4.36. The van der Waals surface area contributed by atoms with Crippen LogP contribution in [0, 0.1) is 17.2 Å². The Bertz CT molecular complexity index is 1440. The topological polar surface area (TPSA) is 88.9 Å². The smallest absolute Gasteiger partial charge is 0.408 e. The Kier molecular flexibility index (Phi) is 6.36. The average Bonchev–Trinajstić information content (AvgIpc) is 3.27. The van der Waals surface area contributed by atoms with Gasteiger partial charge in [-0.3, -0.25) is 9.69 Å². The Morgan fingerprint density at radius 3 is 2.38 bits per heavy atom. The number of carbonyl (C=O) groups is 2. The van der Waals surface area contributed by atoms with Gasteiger partial charge in [0.15, 0.2) is 0 Å². The summed E-state index contributed by atoms with van der Waals surface area (Å²) in [7, 11) is 0. The fourth-order valence-electron chi connectivity index (χ4n) is 7.91. The third-order valence-electron chi connectivity index (χ3n) is 9.77. The number of hydrogen-bond donors (Lipinski definition) is 1. The first-order valence-corrected chi connectivity index (χ1v) is 15.2. The van der Waals surface area contributed by atoms with Crippen molar-refractivity contribution in [1.29, 1.82) is 5.26 Å². The van der Waals surface area contributed by atoms with Gasteiger partial charge in [0.2, 0.25) is 5.91 Å². The molecule has 3 saturated heterocycles. The van der Waals surface area contributed by atoms with Crippen molar-refractivity contribution in [3.63, 3.8) is 0 Å². The van der Waals surface area contributed by atoms with Crippen LogP contribution in [0.4, 0.5) is 4.79 Å². The van der Waals surface area contributed by atoms with E-state index in [4.69, 9.17) is 4.74 Å². The van der Waals surface area contributed by atoms with Crippen molar-refractivity contribution in [3.05, 3.63) is 83.1 Å². The van der Waals surface area contributed by atoms with E-state index < -0.39 is 17.7 Å². The minimum absolute atomic E-state index is 0.0774. The standard InChI is InChI=1S/C34H39N5O3/c1-20(38-24(17-35)14-23-15-29(23)38)28(36-33(41)42-34(2,3)4)19-37-18-25-16-30(37)32(40)39(25)31-26-11-7-5-9-21(26)13-22-10-6-8-12-27(22)31/h5-12,23-25,28-31H,1,13-16,18-19H2,2-4H3,(H,36,41)/t23?,24?,25-,28?,29?,30?/m0/s1. The SMILES string of the molecule is C=C(C(CN1C[C@@H]2CC1C(=O)N2C1c2ccccc2Cc2ccccc21)NC(=O)OC(C)(C)C)N1C(C#N)CC2CC21. The van der Waals surface area contributed by atoms with Gasteiger partial charge < -0.3 is 19.9 Å². The fraction of sp³-hybridized carbons (Fsp3) is 0.500. The number of amides is 2. The molecule has 6 atom stereocenters. The first-order chi connectivity index (χ1) is 20.1. The summed E-state index contributed by atoms with van der Waals surface area (Å²) in [5.74, 6) is 0.662. The van der Waals surface area contributed by atoms with E-state index in [1.807, 2.05) is 20.8 Å². The highest BCUT2D eigenvalue weighted by Gasteiger charge is 2.56. The van der Waals surface area contributed by atoms with Crippen molar-refractivity contribution in [2.45, 2.75) is 88.3 Å². The molecule has 8 nitrogen and oxygen atoms in total. The molecule has 0 spiro atoms. The lowest BCUT2D eigenvalue weighted by Gasteiger charge is -2.43. The molecule has 218 valence electrons. The molecule has 2 aromatic rings. The number of piperidine rings is 1. The second kappa shape index (κ2) is 9.88. The Labute approximate surface area is 247 Å². The maximum Gasteiger partial charge on any atom is 0.408 e. The van der Waals surface area contributed by atoms with Gasteiger partial charge in [-0.15, -0.1) is 0 Å². The minimum atomic E-state index is -0.643. The van der Waals surface area contributed by atoms with Gasteiger partial charge in [0.1, 0.15) is 11.6 Å². The van der Waals surface area contributed by atoms with Gasteiger partial charge in [0.05, 0.1) is 24.2 Å². The summed E-state index contributed by atoms with van der Waals surface area (Å²) in [5, 5.41) is 12.9. The summed E-state index contributed by atoms with van der Waals surface area (Å²) in [5.41, 5.74) is 5.09. The van der Waals surface area contributed by atoms with E-state index in [0.717, 1.165) is 37.9 Å². The van der Waals surface area contributed by atoms with Crippen molar-refractivity contribution in [2.24, 2.45) is 5.92 Å². The second-order valence-corrected chi connectivity index (χ2v) is 13.6. The molecule has 1 N–H and O–H groups in total. The molecular formula is C34H39N5O3. The summed E-state index contributed by atoms with van der Waals surface area (Å²) >= 11 is 0. The van der Waals surface area contributed by atoms with Crippen LogP contribution >= 0.6 is 0 Å². The van der Waals surface area contributed by atoms with Crippen molar-refractivity contribution in [1.82, 2.24) is 20.0 Å². The molecule has 42 heavy (non-hydrogen) atoms. The molecule has 0 aromatic heterocycles. The molecule has 2 aliphatic carbocycles. The molecule has 8 heteroatoms. The van der Waals surface area contributed by atoms with Crippen molar-refractivity contribution >= 4 is 12.0 Å².